The Kier molecular flexibility index (Phi) is 4.09. The van der Waals surface area contributed by atoms with Gasteiger partial charge in [-0.05, 0) is 43.1 Å². The zero-order valence-electron chi connectivity index (χ0n) is 9.71. The molecule has 0 radical (unpaired) electrons. The SMILES string of the molecule is O=C(Cc1ccc(F)cc1)NCC1CCNC1. The molecule has 3 nitrogen and oxygen atoms in total. The minimum atomic E-state index is -0.272. The molecule has 1 aliphatic rings. The van der Waals surface area contributed by atoms with Crippen molar-refractivity contribution in [3.8, 4) is 0 Å². The van der Waals surface area contributed by atoms with E-state index in [1.165, 1.54) is 12.1 Å². The number of carbonyl (C=O) groups excluding carboxylic acids is 1. The fourth-order valence-corrected chi connectivity index (χ4v) is 2.00. The van der Waals surface area contributed by atoms with E-state index in [1.807, 2.05) is 0 Å². The molecule has 1 atom stereocenters. The highest BCUT2D eigenvalue weighted by molar-refractivity contribution is 5.78. The Morgan fingerprint density at radius 2 is 2.18 bits per heavy atom. The first-order valence-corrected chi connectivity index (χ1v) is 5.96. The molecular weight excluding hydrogens is 219 g/mol. The lowest BCUT2D eigenvalue weighted by atomic mass is 10.1. The van der Waals surface area contributed by atoms with Gasteiger partial charge in [-0.3, -0.25) is 4.79 Å². The van der Waals surface area contributed by atoms with E-state index < -0.39 is 0 Å². The molecule has 0 bridgehead atoms. The molecule has 0 aromatic heterocycles. The Labute approximate surface area is 100 Å². The van der Waals surface area contributed by atoms with E-state index in [0.717, 1.165) is 31.6 Å². The van der Waals surface area contributed by atoms with Gasteiger partial charge in [0.25, 0.3) is 0 Å². The molecule has 1 aromatic carbocycles. The van der Waals surface area contributed by atoms with Crippen LogP contribution < -0.4 is 10.6 Å². The molecule has 1 fully saturated rings. The number of nitrogens with one attached hydrogen (secondary N) is 2. The Morgan fingerprint density at radius 3 is 2.82 bits per heavy atom. The zero-order valence-corrected chi connectivity index (χ0v) is 9.71. The predicted octanol–water partition coefficient (Wildman–Crippen LogP) is 1.09. The number of rotatable bonds is 4. The van der Waals surface area contributed by atoms with Crippen LogP contribution in [0, 0.1) is 11.7 Å². The Bertz CT molecular complexity index is 372. The molecule has 17 heavy (non-hydrogen) atoms. The number of halogens is 1. The van der Waals surface area contributed by atoms with E-state index in [1.54, 1.807) is 12.1 Å². The summed E-state index contributed by atoms with van der Waals surface area (Å²) < 4.78 is 12.7. The maximum Gasteiger partial charge on any atom is 0.224 e. The van der Waals surface area contributed by atoms with Crippen LogP contribution in [0.15, 0.2) is 24.3 Å². The highest BCUT2D eigenvalue weighted by atomic mass is 19.1. The Balaban J connectivity index is 1.74. The quantitative estimate of drug-likeness (QED) is 0.821. The van der Waals surface area contributed by atoms with Crippen LogP contribution in [-0.4, -0.2) is 25.5 Å². The molecule has 2 rings (SSSR count). The summed E-state index contributed by atoms with van der Waals surface area (Å²) in [6, 6.07) is 6.05. The van der Waals surface area contributed by atoms with Crippen molar-refractivity contribution < 1.29 is 9.18 Å². The van der Waals surface area contributed by atoms with Crippen LogP contribution in [0.5, 0.6) is 0 Å². The van der Waals surface area contributed by atoms with Gasteiger partial charge in [0.05, 0.1) is 6.42 Å². The van der Waals surface area contributed by atoms with Gasteiger partial charge in [-0.2, -0.15) is 0 Å². The summed E-state index contributed by atoms with van der Waals surface area (Å²) in [4.78, 5) is 11.6. The van der Waals surface area contributed by atoms with E-state index in [0.29, 0.717) is 12.3 Å². The molecule has 1 unspecified atom stereocenters. The zero-order chi connectivity index (χ0) is 12.1. The smallest absolute Gasteiger partial charge is 0.224 e. The fourth-order valence-electron chi connectivity index (χ4n) is 2.00. The summed E-state index contributed by atoms with van der Waals surface area (Å²) in [6.45, 7) is 2.75. The highest BCUT2D eigenvalue weighted by Crippen LogP contribution is 2.06. The minimum absolute atomic E-state index is 0.00325. The van der Waals surface area contributed by atoms with Gasteiger partial charge >= 0.3 is 0 Å². The van der Waals surface area contributed by atoms with Crippen molar-refractivity contribution in [1.82, 2.24) is 10.6 Å². The van der Waals surface area contributed by atoms with Crippen molar-refractivity contribution in [3.05, 3.63) is 35.6 Å². The number of hydrogen-bond acceptors (Lipinski definition) is 2. The molecule has 1 aliphatic heterocycles. The van der Waals surface area contributed by atoms with Gasteiger partial charge in [0.2, 0.25) is 5.91 Å². The monoisotopic (exact) mass is 236 g/mol. The van der Waals surface area contributed by atoms with Crippen molar-refractivity contribution in [3.63, 3.8) is 0 Å². The maximum atomic E-state index is 12.7. The molecular formula is C13H17FN2O. The first kappa shape index (κ1) is 12.0. The van der Waals surface area contributed by atoms with Crippen molar-refractivity contribution in [2.75, 3.05) is 19.6 Å². The van der Waals surface area contributed by atoms with Crippen LogP contribution in [0.2, 0.25) is 0 Å². The van der Waals surface area contributed by atoms with Crippen molar-refractivity contribution in [2.24, 2.45) is 5.92 Å². The minimum Gasteiger partial charge on any atom is -0.355 e. The average molecular weight is 236 g/mol. The van der Waals surface area contributed by atoms with Crippen LogP contribution in [0.3, 0.4) is 0 Å². The molecule has 92 valence electrons. The molecule has 1 amide bonds. The van der Waals surface area contributed by atoms with Gasteiger partial charge < -0.3 is 10.6 Å². The van der Waals surface area contributed by atoms with E-state index in [-0.39, 0.29) is 11.7 Å². The van der Waals surface area contributed by atoms with Crippen molar-refractivity contribution >= 4 is 5.91 Å². The first-order valence-electron chi connectivity index (χ1n) is 5.96. The van der Waals surface area contributed by atoms with Crippen LogP contribution in [0.4, 0.5) is 4.39 Å². The number of benzene rings is 1. The van der Waals surface area contributed by atoms with E-state index >= 15 is 0 Å². The lowest BCUT2D eigenvalue weighted by Gasteiger charge is -2.09. The number of amides is 1. The Hall–Kier alpha value is -1.42. The maximum absolute atomic E-state index is 12.7. The van der Waals surface area contributed by atoms with Crippen molar-refractivity contribution in [2.45, 2.75) is 12.8 Å². The molecule has 1 heterocycles. The number of hydrogen-bond donors (Lipinski definition) is 2. The lowest BCUT2D eigenvalue weighted by Crippen LogP contribution is -2.31. The van der Waals surface area contributed by atoms with Crippen LogP contribution >= 0.6 is 0 Å². The van der Waals surface area contributed by atoms with Gasteiger partial charge in [0.1, 0.15) is 5.82 Å². The molecule has 1 aromatic rings. The fraction of sp³-hybridized carbons (Fsp3) is 0.462. The van der Waals surface area contributed by atoms with Gasteiger partial charge in [0.15, 0.2) is 0 Å². The Morgan fingerprint density at radius 1 is 1.41 bits per heavy atom. The van der Waals surface area contributed by atoms with E-state index in [2.05, 4.69) is 10.6 Å². The van der Waals surface area contributed by atoms with E-state index in [9.17, 15) is 9.18 Å². The standard InChI is InChI=1S/C13H17FN2O/c14-12-3-1-10(2-4-12)7-13(17)16-9-11-5-6-15-8-11/h1-4,11,15H,5-9H2,(H,16,17). The largest absolute Gasteiger partial charge is 0.355 e. The molecule has 0 saturated carbocycles. The lowest BCUT2D eigenvalue weighted by molar-refractivity contribution is -0.120. The topological polar surface area (TPSA) is 41.1 Å². The predicted molar refractivity (Wildman–Crippen MR) is 64.1 cm³/mol. The first-order chi connectivity index (χ1) is 8.24. The van der Waals surface area contributed by atoms with Crippen LogP contribution in [0.1, 0.15) is 12.0 Å². The van der Waals surface area contributed by atoms with Crippen LogP contribution in [0.25, 0.3) is 0 Å². The summed E-state index contributed by atoms with van der Waals surface area (Å²) >= 11 is 0. The second-order valence-electron chi connectivity index (χ2n) is 4.47. The highest BCUT2D eigenvalue weighted by Gasteiger charge is 2.15. The van der Waals surface area contributed by atoms with Crippen molar-refractivity contribution in [1.29, 1.82) is 0 Å². The third kappa shape index (κ3) is 3.82. The molecule has 2 N–H and O–H groups in total. The third-order valence-electron chi connectivity index (χ3n) is 3.03. The second kappa shape index (κ2) is 5.77. The second-order valence-corrected chi connectivity index (χ2v) is 4.47. The summed E-state index contributed by atoms with van der Waals surface area (Å²) in [5.74, 6) is 0.280. The molecule has 4 heteroatoms. The summed E-state index contributed by atoms with van der Waals surface area (Å²) in [5.41, 5.74) is 0.841. The number of carbonyl (C=O) groups is 1. The van der Waals surface area contributed by atoms with Gasteiger partial charge in [-0.25, -0.2) is 4.39 Å². The van der Waals surface area contributed by atoms with Gasteiger partial charge in [-0.1, -0.05) is 12.1 Å². The van der Waals surface area contributed by atoms with E-state index in [4.69, 9.17) is 0 Å². The normalized spacial score (nSPS) is 19.2. The summed E-state index contributed by atoms with van der Waals surface area (Å²) in [5, 5.41) is 6.17. The third-order valence-corrected chi connectivity index (χ3v) is 3.03. The van der Waals surface area contributed by atoms with Gasteiger partial charge in [-0.15, -0.1) is 0 Å². The summed E-state index contributed by atoms with van der Waals surface area (Å²) in [6.07, 6.45) is 1.44. The summed E-state index contributed by atoms with van der Waals surface area (Å²) in [7, 11) is 0. The van der Waals surface area contributed by atoms with Gasteiger partial charge in [0, 0.05) is 6.54 Å². The average Bonchev–Trinajstić information content (AvgIpc) is 2.83. The molecule has 0 aliphatic carbocycles. The molecule has 0 spiro atoms. The van der Waals surface area contributed by atoms with Crippen LogP contribution in [-0.2, 0) is 11.2 Å². The molecule has 1 saturated heterocycles.